The van der Waals surface area contributed by atoms with E-state index in [9.17, 15) is 4.79 Å². The highest BCUT2D eigenvalue weighted by Gasteiger charge is 2.26. The summed E-state index contributed by atoms with van der Waals surface area (Å²) in [5, 5.41) is 0. The second kappa shape index (κ2) is 7.74. The molecule has 0 N–H and O–H groups in total. The van der Waals surface area contributed by atoms with Crippen molar-refractivity contribution in [3.05, 3.63) is 64.6 Å². The summed E-state index contributed by atoms with van der Waals surface area (Å²) in [6, 6.07) is 15.4. The number of carbonyl (C=O) groups excluding carboxylic acids is 1. The highest BCUT2D eigenvalue weighted by molar-refractivity contribution is 9.10. The van der Waals surface area contributed by atoms with Gasteiger partial charge < -0.3 is 14.4 Å². The fourth-order valence-electron chi connectivity index (χ4n) is 2.76. The first-order valence-corrected chi connectivity index (χ1v) is 8.90. The van der Waals surface area contributed by atoms with Gasteiger partial charge in [-0.05, 0) is 54.5 Å². The van der Waals surface area contributed by atoms with Crippen LogP contribution in [-0.4, -0.2) is 37.1 Å². The van der Waals surface area contributed by atoms with E-state index in [1.807, 2.05) is 53.4 Å². The van der Waals surface area contributed by atoms with Gasteiger partial charge in [-0.3, -0.25) is 4.79 Å². The highest BCUT2D eigenvalue weighted by Crippen LogP contribution is 2.24. The van der Waals surface area contributed by atoms with Crippen molar-refractivity contribution in [2.24, 2.45) is 0 Å². The molecule has 5 heteroatoms. The number of nitrogens with zero attached hydrogens (tertiary/aromatic N) is 1. The summed E-state index contributed by atoms with van der Waals surface area (Å²) < 4.78 is 11.9. The van der Waals surface area contributed by atoms with Crippen molar-refractivity contribution < 1.29 is 14.3 Å². The van der Waals surface area contributed by atoms with Gasteiger partial charge in [0.1, 0.15) is 11.5 Å². The number of hydrogen-bond donors (Lipinski definition) is 0. The minimum Gasteiger partial charge on any atom is -0.497 e. The second-order valence-electron chi connectivity index (χ2n) is 5.89. The third-order valence-corrected chi connectivity index (χ3v) is 4.69. The standard InChI is InChI=1S/C20H20BrNO3/c1-14(25-19-9-5-17(21)6-10-19)20(23)22-12-11-16(13-22)15-3-7-18(24-2)8-4-15/h3-11,14H,12-13H2,1-2H3/t14-/m1/s1. The van der Waals surface area contributed by atoms with Crippen LogP contribution < -0.4 is 9.47 Å². The zero-order valence-corrected chi connectivity index (χ0v) is 15.8. The lowest BCUT2D eigenvalue weighted by Crippen LogP contribution is -2.39. The second-order valence-corrected chi connectivity index (χ2v) is 6.81. The monoisotopic (exact) mass is 401 g/mol. The van der Waals surface area contributed by atoms with Crippen LogP contribution in [0.2, 0.25) is 0 Å². The van der Waals surface area contributed by atoms with E-state index in [-0.39, 0.29) is 5.91 Å². The van der Waals surface area contributed by atoms with Gasteiger partial charge in [0.05, 0.1) is 7.11 Å². The maximum atomic E-state index is 12.6. The Kier molecular flexibility index (Phi) is 5.43. The first-order chi connectivity index (χ1) is 12.1. The summed E-state index contributed by atoms with van der Waals surface area (Å²) in [6.45, 7) is 2.99. The summed E-state index contributed by atoms with van der Waals surface area (Å²) >= 11 is 3.39. The van der Waals surface area contributed by atoms with Gasteiger partial charge in [-0.1, -0.05) is 34.1 Å². The molecule has 4 nitrogen and oxygen atoms in total. The molecule has 1 aliphatic rings. The third kappa shape index (κ3) is 4.23. The Hall–Kier alpha value is -2.27. The van der Waals surface area contributed by atoms with Crippen LogP contribution in [0.25, 0.3) is 5.57 Å². The average Bonchev–Trinajstić information content (AvgIpc) is 3.13. The Balaban J connectivity index is 1.59. The van der Waals surface area contributed by atoms with Gasteiger partial charge in [-0.2, -0.15) is 0 Å². The first-order valence-electron chi connectivity index (χ1n) is 8.11. The Morgan fingerprint density at radius 1 is 1.08 bits per heavy atom. The molecule has 0 saturated carbocycles. The molecule has 1 heterocycles. The van der Waals surface area contributed by atoms with E-state index >= 15 is 0 Å². The lowest BCUT2D eigenvalue weighted by Gasteiger charge is -2.22. The molecule has 0 radical (unpaired) electrons. The number of amides is 1. The molecule has 0 spiro atoms. The fourth-order valence-corrected chi connectivity index (χ4v) is 3.03. The molecule has 1 aliphatic heterocycles. The molecule has 1 atom stereocenters. The summed E-state index contributed by atoms with van der Waals surface area (Å²) in [7, 11) is 1.65. The van der Waals surface area contributed by atoms with Gasteiger partial charge in [0.25, 0.3) is 5.91 Å². The lowest BCUT2D eigenvalue weighted by atomic mass is 10.1. The molecule has 0 unspecified atom stereocenters. The third-order valence-electron chi connectivity index (χ3n) is 4.17. The van der Waals surface area contributed by atoms with Crippen molar-refractivity contribution in [2.45, 2.75) is 13.0 Å². The number of hydrogen-bond acceptors (Lipinski definition) is 3. The van der Waals surface area contributed by atoms with E-state index in [0.29, 0.717) is 18.8 Å². The number of methoxy groups -OCH3 is 1. The van der Waals surface area contributed by atoms with Gasteiger partial charge in [0.15, 0.2) is 6.10 Å². The Labute approximate surface area is 156 Å². The van der Waals surface area contributed by atoms with Gasteiger partial charge in [0, 0.05) is 17.6 Å². The van der Waals surface area contributed by atoms with Crippen LogP contribution >= 0.6 is 15.9 Å². The van der Waals surface area contributed by atoms with Crippen LogP contribution in [0.3, 0.4) is 0 Å². The van der Waals surface area contributed by atoms with E-state index < -0.39 is 6.10 Å². The highest BCUT2D eigenvalue weighted by atomic mass is 79.9. The van der Waals surface area contributed by atoms with Crippen molar-refractivity contribution >= 4 is 27.4 Å². The molecule has 2 aromatic carbocycles. The molecule has 2 aromatic rings. The predicted molar refractivity (Wildman–Crippen MR) is 102 cm³/mol. The van der Waals surface area contributed by atoms with Gasteiger partial charge in [0.2, 0.25) is 0 Å². The Bertz CT molecular complexity index is 769. The largest absolute Gasteiger partial charge is 0.497 e. The Morgan fingerprint density at radius 3 is 2.36 bits per heavy atom. The van der Waals surface area contributed by atoms with Crippen LogP contribution in [0.5, 0.6) is 11.5 Å². The van der Waals surface area contributed by atoms with Crippen molar-refractivity contribution in [2.75, 3.05) is 20.2 Å². The molecule has 0 aliphatic carbocycles. The van der Waals surface area contributed by atoms with Crippen molar-refractivity contribution in [3.63, 3.8) is 0 Å². The molecular weight excluding hydrogens is 382 g/mol. The molecule has 25 heavy (non-hydrogen) atoms. The molecule has 130 valence electrons. The van der Waals surface area contributed by atoms with Crippen LogP contribution in [0.15, 0.2) is 59.1 Å². The SMILES string of the molecule is COc1ccc(C2=CCN(C(=O)[C@@H](C)Oc3ccc(Br)cc3)C2)cc1. The smallest absolute Gasteiger partial charge is 0.263 e. The van der Waals surface area contributed by atoms with Gasteiger partial charge in [-0.15, -0.1) is 0 Å². The molecular formula is C20H20BrNO3. The van der Waals surface area contributed by atoms with Crippen molar-refractivity contribution in [3.8, 4) is 11.5 Å². The van der Waals surface area contributed by atoms with E-state index in [1.54, 1.807) is 14.0 Å². The summed E-state index contributed by atoms with van der Waals surface area (Å²) in [6.07, 6.45) is 1.57. The molecule has 3 rings (SSSR count). The van der Waals surface area contributed by atoms with E-state index in [0.717, 1.165) is 21.4 Å². The summed E-state index contributed by atoms with van der Waals surface area (Å²) in [5.74, 6) is 1.50. The zero-order valence-electron chi connectivity index (χ0n) is 14.2. The predicted octanol–water partition coefficient (Wildman–Crippen LogP) is 4.15. The quantitative estimate of drug-likeness (QED) is 0.754. The average molecular weight is 402 g/mol. The zero-order chi connectivity index (χ0) is 17.8. The molecule has 1 amide bonds. The molecule has 0 bridgehead atoms. The number of halogens is 1. The number of carbonyl (C=O) groups is 1. The van der Waals surface area contributed by atoms with Crippen molar-refractivity contribution in [1.29, 1.82) is 0 Å². The maximum Gasteiger partial charge on any atom is 0.263 e. The molecule has 0 saturated heterocycles. The van der Waals surface area contributed by atoms with Gasteiger partial charge >= 0.3 is 0 Å². The minimum atomic E-state index is -0.523. The first kappa shape index (κ1) is 17.5. The van der Waals surface area contributed by atoms with Crippen molar-refractivity contribution in [1.82, 2.24) is 4.90 Å². The topological polar surface area (TPSA) is 38.8 Å². The Morgan fingerprint density at radius 2 is 1.72 bits per heavy atom. The molecule has 0 aromatic heterocycles. The van der Waals surface area contributed by atoms with E-state index in [2.05, 4.69) is 22.0 Å². The van der Waals surface area contributed by atoms with E-state index in [1.165, 1.54) is 0 Å². The maximum absolute atomic E-state index is 12.6. The van der Waals surface area contributed by atoms with Gasteiger partial charge in [-0.25, -0.2) is 0 Å². The summed E-state index contributed by atoms with van der Waals surface area (Å²) in [4.78, 5) is 14.4. The lowest BCUT2D eigenvalue weighted by molar-refractivity contribution is -0.136. The number of ether oxygens (including phenoxy) is 2. The fraction of sp³-hybridized carbons (Fsp3) is 0.250. The van der Waals surface area contributed by atoms with E-state index in [4.69, 9.17) is 9.47 Å². The van der Waals surface area contributed by atoms with Crippen LogP contribution in [-0.2, 0) is 4.79 Å². The van der Waals surface area contributed by atoms with Crippen LogP contribution in [0.4, 0.5) is 0 Å². The molecule has 0 fully saturated rings. The van der Waals surface area contributed by atoms with Crippen LogP contribution in [0.1, 0.15) is 12.5 Å². The minimum absolute atomic E-state index is 0.0114. The summed E-state index contributed by atoms with van der Waals surface area (Å²) in [5.41, 5.74) is 2.25. The van der Waals surface area contributed by atoms with Crippen LogP contribution in [0, 0.1) is 0 Å². The number of benzene rings is 2. The number of rotatable bonds is 5. The normalized spacial score (nSPS) is 14.8.